The minimum absolute atomic E-state index is 0.837. The zero-order chi connectivity index (χ0) is 9.68. The molecule has 1 aromatic rings. The highest BCUT2D eigenvalue weighted by Crippen LogP contribution is 2.18. The molecule has 0 amide bonds. The Morgan fingerprint density at radius 1 is 1.62 bits per heavy atom. The van der Waals surface area contributed by atoms with E-state index in [1.807, 2.05) is 11.4 Å². The molecule has 0 radical (unpaired) electrons. The number of hydrogen-bond donors (Lipinski definition) is 1. The quantitative estimate of drug-likeness (QED) is 0.599. The molecule has 13 heavy (non-hydrogen) atoms. The van der Waals surface area contributed by atoms with Crippen LogP contribution in [0.15, 0.2) is 23.1 Å². The molecule has 1 N–H and O–H groups in total. The Morgan fingerprint density at radius 3 is 2.92 bits per heavy atom. The maximum absolute atomic E-state index is 5.79. The first-order valence-electron chi connectivity index (χ1n) is 4.25. The lowest BCUT2D eigenvalue weighted by molar-refractivity contribution is 0.767. The van der Waals surface area contributed by atoms with Crippen LogP contribution in [0.25, 0.3) is 0 Å². The molecule has 72 valence electrons. The van der Waals surface area contributed by atoms with E-state index in [1.165, 1.54) is 10.5 Å². The summed E-state index contributed by atoms with van der Waals surface area (Å²) in [4.78, 5) is 1.28. The van der Waals surface area contributed by atoms with Crippen molar-refractivity contribution in [3.8, 4) is 0 Å². The zero-order valence-electron chi connectivity index (χ0n) is 7.93. The van der Waals surface area contributed by atoms with Crippen molar-refractivity contribution in [2.24, 2.45) is 0 Å². The molecular weight excluding hydrogens is 202 g/mol. The van der Waals surface area contributed by atoms with Crippen LogP contribution in [0, 0.1) is 0 Å². The van der Waals surface area contributed by atoms with Gasteiger partial charge in [-0.15, -0.1) is 11.3 Å². The Labute approximate surface area is 88.4 Å². The predicted molar refractivity (Wildman–Crippen MR) is 60.5 cm³/mol. The molecule has 0 aliphatic heterocycles. The normalized spacial score (nSPS) is 10.1. The fourth-order valence-electron chi connectivity index (χ4n) is 0.918. The van der Waals surface area contributed by atoms with Crippen LogP contribution in [0.5, 0.6) is 0 Å². The summed E-state index contributed by atoms with van der Waals surface area (Å²) in [6.07, 6.45) is 2.18. The Kier molecular flexibility index (Phi) is 4.50. The molecule has 0 spiro atoms. The molecule has 0 saturated heterocycles. The van der Waals surface area contributed by atoms with Crippen molar-refractivity contribution in [2.45, 2.75) is 20.4 Å². The van der Waals surface area contributed by atoms with E-state index < -0.39 is 0 Å². The molecule has 1 aromatic heterocycles. The number of nitrogens with one attached hydrogen (secondary N) is 1. The highest BCUT2D eigenvalue weighted by Gasteiger charge is 1.95. The Morgan fingerprint density at radius 2 is 2.38 bits per heavy atom. The van der Waals surface area contributed by atoms with E-state index in [4.69, 9.17) is 11.6 Å². The smallest absolute Gasteiger partial charge is 0.0516 e. The van der Waals surface area contributed by atoms with Crippen LogP contribution in [0.4, 0.5) is 0 Å². The Bertz CT molecular complexity index is 287. The first kappa shape index (κ1) is 10.8. The third-order valence-electron chi connectivity index (χ3n) is 1.58. The monoisotopic (exact) mass is 215 g/mol. The van der Waals surface area contributed by atoms with Gasteiger partial charge in [0, 0.05) is 23.3 Å². The number of hydrogen-bond acceptors (Lipinski definition) is 2. The minimum Gasteiger partial charge on any atom is -0.308 e. The standard InChI is InChI=1S/C10H14ClNS/c1-8(2)3-4-12-6-10-5-9(11)7-13-10/h3,5,7,12H,4,6H2,1-2H3. The van der Waals surface area contributed by atoms with Crippen LogP contribution in [0.1, 0.15) is 18.7 Å². The summed E-state index contributed by atoms with van der Waals surface area (Å²) < 4.78 is 0. The van der Waals surface area contributed by atoms with Crippen molar-refractivity contribution in [3.05, 3.63) is 33.0 Å². The maximum Gasteiger partial charge on any atom is 0.0516 e. The maximum atomic E-state index is 5.79. The second kappa shape index (κ2) is 5.43. The van der Waals surface area contributed by atoms with Gasteiger partial charge in [-0.2, -0.15) is 0 Å². The molecular formula is C10H14ClNS. The van der Waals surface area contributed by atoms with Gasteiger partial charge < -0.3 is 5.32 Å². The van der Waals surface area contributed by atoms with Crippen LogP contribution in [-0.2, 0) is 6.54 Å². The summed E-state index contributed by atoms with van der Waals surface area (Å²) in [5, 5.41) is 6.12. The van der Waals surface area contributed by atoms with Gasteiger partial charge in [0.1, 0.15) is 0 Å². The molecule has 0 saturated carbocycles. The van der Waals surface area contributed by atoms with E-state index in [9.17, 15) is 0 Å². The van der Waals surface area contributed by atoms with E-state index >= 15 is 0 Å². The molecule has 1 heterocycles. The topological polar surface area (TPSA) is 12.0 Å². The van der Waals surface area contributed by atoms with Gasteiger partial charge in [-0.05, 0) is 19.9 Å². The Balaban J connectivity index is 2.24. The van der Waals surface area contributed by atoms with E-state index in [-0.39, 0.29) is 0 Å². The number of rotatable bonds is 4. The van der Waals surface area contributed by atoms with Gasteiger partial charge in [-0.25, -0.2) is 0 Å². The summed E-state index contributed by atoms with van der Waals surface area (Å²) >= 11 is 7.49. The molecule has 0 aliphatic carbocycles. The van der Waals surface area contributed by atoms with Gasteiger partial charge >= 0.3 is 0 Å². The number of thiophene rings is 1. The van der Waals surface area contributed by atoms with Gasteiger partial charge in [0.25, 0.3) is 0 Å². The van der Waals surface area contributed by atoms with Crippen LogP contribution < -0.4 is 5.32 Å². The number of allylic oxidation sites excluding steroid dienone is 1. The van der Waals surface area contributed by atoms with Crippen molar-refractivity contribution in [2.75, 3.05) is 6.54 Å². The van der Waals surface area contributed by atoms with Gasteiger partial charge in [0.15, 0.2) is 0 Å². The van der Waals surface area contributed by atoms with Crippen LogP contribution in [0.2, 0.25) is 5.02 Å². The lowest BCUT2D eigenvalue weighted by atomic mass is 10.3. The molecule has 0 unspecified atom stereocenters. The van der Waals surface area contributed by atoms with E-state index in [0.29, 0.717) is 0 Å². The molecule has 0 aliphatic rings. The van der Waals surface area contributed by atoms with E-state index in [2.05, 4.69) is 25.2 Å². The highest BCUT2D eigenvalue weighted by atomic mass is 35.5. The summed E-state index contributed by atoms with van der Waals surface area (Å²) in [6, 6.07) is 2.00. The van der Waals surface area contributed by atoms with Gasteiger partial charge in [-0.1, -0.05) is 23.3 Å². The van der Waals surface area contributed by atoms with Gasteiger partial charge in [-0.3, -0.25) is 0 Å². The molecule has 0 atom stereocenters. The lowest BCUT2D eigenvalue weighted by Gasteiger charge is -1.98. The van der Waals surface area contributed by atoms with Crippen LogP contribution in [-0.4, -0.2) is 6.54 Å². The summed E-state index contributed by atoms with van der Waals surface area (Å²) in [7, 11) is 0. The Hall–Kier alpha value is -0.310. The first-order chi connectivity index (χ1) is 6.18. The third-order valence-corrected chi connectivity index (χ3v) is 2.86. The summed E-state index contributed by atoms with van der Waals surface area (Å²) in [6.45, 7) is 6.03. The minimum atomic E-state index is 0.837. The molecule has 0 aromatic carbocycles. The van der Waals surface area contributed by atoms with Gasteiger partial charge in [0.2, 0.25) is 0 Å². The molecule has 1 nitrogen and oxygen atoms in total. The molecule has 3 heteroatoms. The molecule has 0 bridgehead atoms. The lowest BCUT2D eigenvalue weighted by Crippen LogP contribution is -2.11. The van der Waals surface area contributed by atoms with Crippen LogP contribution >= 0.6 is 22.9 Å². The second-order valence-electron chi connectivity index (χ2n) is 3.14. The summed E-state index contributed by atoms with van der Waals surface area (Å²) in [5.74, 6) is 0. The van der Waals surface area contributed by atoms with Crippen molar-refractivity contribution < 1.29 is 0 Å². The zero-order valence-corrected chi connectivity index (χ0v) is 9.50. The van der Waals surface area contributed by atoms with Gasteiger partial charge in [0.05, 0.1) is 5.02 Å². The van der Waals surface area contributed by atoms with E-state index in [0.717, 1.165) is 18.1 Å². The third kappa shape index (κ3) is 4.46. The fraction of sp³-hybridized carbons (Fsp3) is 0.400. The largest absolute Gasteiger partial charge is 0.308 e. The highest BCUT2D eigenvalue weighted by molar-refractivity contribution is 7.10. The first-order valence-corrected chi connectivity index (χ1v) is 5.51. The number of halogens is 1. The SMILES string of the molecule is CC(C)=CCNCc1cc(Cl)cs1. The fourth-order valence-corrected chi connectivity index (χ4v) is 1.96. The van der Waals surface area contributed by atoms with E-state index in [1.54, 1.807) is 11.3 Å². The predicted octanol–water partition coefficient (Wildman–Crippen LogP) is 3.46. The second-order valence-corrected chi connectivity index (χ2v) is 4.58. The van der Waals surface area contributed by atoms with Crippen molar-refractivity contribution in [1.29, 1.82) is 0 Å². The van der Waals surface area contributed by atoms with Crippen LogP contribution in [0.3, 0.4) is 0 Å². The summed E-state index contributed by atoms with van der Waals surface area (Å²) in [5.41, 5.74) is 1.34. The average molecular weight is 216 g/mol. The molecule has 1 rings (SSSR count). The van der Waals surface area contributed by atoms with Crippen molar-refractivity contribution in [1.82, 2.24) is 5.32 Å². The average Bonchev–Trinajstić information content (AvgIpc) is 2.45. The molecule has 0 fully saturated rings. The van der Waals surface area contributed by atoms with Crippen molar-refractivity contribution in [3.63, 3.8) is 0 Å². The van der Waals surface area contributed by atoms with Crippen molar-refractivity contribution >= 4 is 22.9 Å².